The van der Waals surface area contributed by atoms with Gasteiger partial charge in [-0.1, -0.05) is 71.1 Å². The van der Waals surface area contributed by atoms with Gasteiger partial charge in [0, 0.05) is 29.3 Å². The Hall–Kier alpha value is -2.30. The molecule has 2 aromatic rings. The Morgan fingerprint density at radius 3 is 1.61 bits per heavy atom. The number of fused-ring (bicyclic) bond motifs is 2. The van der Waals surface area contributed by atoms with Crippen LogP contribution in [0.25, 0.3) is 0 Å². The molecule has 5 rings (SSSR count). The van der Waals surface area contributed by atoms with Crippen molar-refractivity contribution in [3.63, 3.8) is 0 Å². The summed E-state index contributed by atoms with van der Waals surface area (Å²) < 4.78 is 0. The van der Waals surface area contributed by atoms with Gasteiger partial charge >= 0.3 is 0 Å². The molecule has 31 heavy (non-hydrogen) atoms. The van der Waals surface area contributed by atoms with Crippen molar-refractivity contribution in [3.05, 3.63) is 100 Å². The number of thioether (sulfide) groups is 2. The largest absolute Gasteiger partial charge is 0.335 e. The molecular formula is C27H26N2S2. The van der Waals surface area contributed by atoms with Gasteiger partial charge in [-0.3, -0.25) is 0 Å². The van der Waals surface area contributed by atoms with Crippen LogP contribution < -0.4 is 9.80 Å². The Bertz CT molecular complexity index is 1020. The lowest BCUT2D eigenvalue weighted by Crippen LogP contribution is -2.16. The number of hydrogen-bond donors (Lipinski definition) is 0. The van der Waals surface area contributed by atoms with Crippen LogP contribution in [0.1, 0.15) is 26.7 Å². The summed E-state index contributed by atoms with van der Waals surface area (Å²) in [5.41, 5.74) is 5.22. The third-order valence-electron chi connectivity index (χ3n) is 5.74. The first kappa shape index (κ1) is 20.6. The van der Waals surface area contributed by atoms with E-state index in [2.05, 4.69) is 103 Å². The zero-order chi connectivity index (χ0) is 21.2. The molecule has 1 aliphatic carbocycles. The van der Waals surface area contributed by atoms with Gasteiger partial charge in [0.1, 0.15) is 0 Å². The Morgan fingerprint density at radius 1 is 0.710 bits per heavy atom. The molecule has 4 heteroatoms. The molecule has 0 atom stereocenters. The maximum atomic E-state index is 3.62. The van der Waals surface area contributed by atoms with Crippen LogP contribution in [0.2, 0.25) is 0 Å². The zero-order valence-corrected chi connectivity index (χ0v) is 19.6. The van der Waals surface area contributed by atoms with Crippen LogP contribution in [0.4, 0.5) is 11.4 Å². The van der Waals surface area contributed by atoms with Gasteiger partial charge < -0.3 is 9.80 Å². The molecule has 3 aliphatic rings. The number of benzene rings is 2. The standard InChI is InChI=1S/C27H26N2S2/c1-3-28-22-9-5-7-11-24(22)30-26(28)17-15-20-13-14-21(19-20)16-18-27-29(4-2)23-10-6-8-12-25(23)31-27/h5-12,15-18H,3-4,13-14H2,1-2H3. The van der Waals surface area contributed by atoms with E-state index in [1.807, 2.05) is 23.5 Å². The molecule has 0 N–H and O–H groups in total. The highest BCUT2D eigenvalue weighted by molar-refractivity contribution is 8.04. The normalized spacial score (nSPS) is 22.9. The molecule has 0 saturated heterocycles. The average molecular weight is 443 g/mol. The van der Waals surface area contributed by atoms with Crippen molar-refractivity contribution in [2.75, 3.05) is 22.9 Å². The van der Waals surface area contributed by atoms with Gasteiger partial charge in [0.05, 0.1) is 21.4 Å². The summed E-state index contributed by atoms with van der Waals surface area (Å²) in [7, 11) is 0. The summed E-state index contributed by atoms with van der Waals surface area (Å²) in [6, 6.07) is 17.3. The summed E-state index contributed by atoms with van der Waals surface area (Å²) in [6.07, 6.45) is 14.8. The van der Waals surface area contributed by atoms with E-state index in [0.717, 1.165) is 25.9 Å². The van der Waals surface area contributed by atoms with Gasteiger partial charge in [-0.25, -0.2) is 0 Å². The summed E-state index contributed by atoms with van der Waals surface area (Å²) in [5.74, 6) is 0. The Morgan fingerprint density at radius 2 is 1.16 bits per heavy atom. The molecule has 0 unspecified atom stereocenters. The number of rotatable bonds is 4. The fourth-order valence-corrected chi connectivity index (χ4v) is 6.46. The third-order valence-corrected chi connectivity index (χ3v) is 8.01. The first-order valence-corrected chi connectivity index (χ1v) is 12.6. The molecule has 2 nitrogen and oxygen atoms in total. The number of allylic oxidation sites excluding steroid dienone is 6. The van der Waals surface area contributed by atoms with Crippen molar-refractivity contribution in [3.8, 4) is 0 Å². The number of para-hydroxylation sites is 2. The maximum absolute atomic E-state index is 3.62. The van der Waals surface area contributed by atoms with Gasteiger partial charge in [-0.2, -0.15) is 0 Å². The van der Waals surface area contributed by atoms with Crippen LogP contribution in [0, 0.1) is 6.42 Å². The molecule has 2 aliphatic heterocycles. The SMILES string of the molecule is CCN1C(=CC=C2[C]C(=CC=C3Sc4ccccc4N3CC)CC2)Sc2ccccc21. The molecule has 156 valence electrons. The quantitative estimate of drug-likeness (QED) is 0.479. The second kappa shape index (κ2) is 9.05. The lowest BCUT2D eigenvalue weighted by atomic mass is 10.2. The Balaban J connectivity index is 1.29. The highest BCUT2D eigenvalue weighted by atomic mass is 32.2. The topological polar surface area (TPSA) is 6.48 Å². The average Bonchev–Trinajstić information content (AvgIpc) is 3.50. The number of hydrogen-bond acceptors (Lipinski definition) is 4. The summed E-state index contributed by atoms with van der Waals surface area (Å²) in [4.78, 5) is 7.47. The van der Waals surface area contributed by atoms with Crippen molar-refractivity contribution >= 4 is 34.9 Å². The Kier molecular flexibility index (Phi) is 6.02. The minimum atomic E-state index is 0.985. The van der Waals surface area contributed by atoms with Crippen LogP contribution in [0.5, 0.6) is 0 Å². The van der Waals surface area contributed by atoms with Gasteiger partial charge in [0.15, 0.2) is 0 Å². The van der Waals surface area contributed by atoms with Gasteiger partial charge in [0.25, 0.3) is 0 Å². The first-order valence-electron chi connectivity index (χ1n) is 10.9. The van der Waals surface area contributed by atoms with Crippen LogP contribution in [0.3, 0.4) is 0 Å². The smallest absolute Gasteiger partial charge is 0.0801 e. The highest BCUT2D eigenvalue weighted by Crippen LogP contribution is 2.47. The van der Waals surface area contributed by atoms with E-state index >= 15 is 0 Å². The van der Waals surface area contributed by atoms with Crippen LogP contribution in [-0.2, 0) is 0 Å². The Labute approximate surface area is 194 Å². The predicted molar refractivity (Wildman–Crippen MR) is 135 cm³/mol. The van der Waals surface area contributed by atoms with E-state index < -0.39 is 0 Å². The van der Waals surface area contributed by atoms with Crippen molar-refractivity contribution in [1.82, 2.24) is 0 Å². The second-order valence-electron chi connectivity index (χ2n) is 7.65. The van der Waals surface area contributed by atoms with Crippen molar-refractivity contribution in [2.45, 2.75) is 36.5 Å². The molecule has 2 radical (unpaired) electrons. The van der Waals surface area contributed by atoms with E-state index in [9.17, 15) is 0 Å². The van der Waals surface area contributed by atoms with Crippen LogP contribution >= 0.6 is 23.5 Å². The molecule has 2 aromatic carbocycles. The fourth-order valence-electron chi connectivity index (χ4n) is 4.20. The van der Waals surface area contributed by atoms with Gasteiger partial charge in [0.2, 0.25) is 0 Å². The number of anilines is 2. The molecule has 0 spiro atoms. The summed E-state index contributed by atoms with van der Waals surface area (Å²) >= 11 is 3.72. The van der Waals surface area contributed by atoms with Gasteiger partial charge in [-0.05, 0) is 63.1 Å². The molecule has 1 saturated carbocycles. The van der Waals surface area contributed by atoms with Crippen LogP contribution in [-0.4, -0.2) is 13.1 Å². The lowest BCUT2D eigenvalue weighted by Gasteiger charge is -2.17. The maximum Gasteiger partial charge on any atom is 0.0801 e. The third kappa shape index (κ3) is 4.11. The van der Waals surface area contributed by atoms with E-state index in [1.165, 1.54) is 42.4 Å². The highest BCUT2D eigenvalue weighted by Gasteiger charge is 2.24. The van der Waals surface area contributed by atoms with E-state index in [1.54, 1.807) is 0 Å². The minimum absolute atomic E-state index is 0.985. The molecular weight excluding hydrogens is 416 g/mol. The summed E-state index contributed by atoms with van der Waals surface area (Å²) in [5, 5.41) is 2.60. The van der Waals surface area contributed by atoms with Crippen molar-refractivity contribution in [2.24, 2.45) is 0 Å². The molecule has 1 fully saturated rings. The molecule has 2 heterocycles. The van der Waals surface area contributed by atoms with E-state index in [4.69, 9.17) is 0 Å². The van der Waals surface area contributed by atoms with Gasteiger partial charge in [-0.15, -0.1) is 0 Å². The zero-order valence-electron chi connectivity index (χ0n) is 18.0. The number of nitrogens with zero attached hydrogens (tertiary/aromatic N) is 2. The predicted octanol–water partition coefficient (Wildman–Crippen LogP) is 7.66. The lowest BCUT2D eigenvalue weighted by molar-refractivity contribution is 1.00. The second-order valence-corrected chi connectivity index (χ2v) is 9.77. The monoisotopic (exact) mass is 442 g/mol. The van der Waals surface area contributed by atoms with Crippen molar-refractivity contribution in [1.29, 1.82) is 0 Å². The van der Waals surface area contributed by atoms with E-state index in [0.29, 0.717) is 0 Å². The van der Waals surface area contributed by atoms with Crippen molar-refractivity contribution < 1.29 is 0 Å². The van der Waals surface area contributed by atoms with Crippen LogP contribution in [0.15, 0.2) is 104 Å². The molecule has 0 amide bonds. The summed E-state index contributed by atoms with van der Waals surface area (Å²) in [6.45, 7) is 6.40. The molecule has 0 aromatic heterocycles. The fraction of sp³-hybridized carbons (Fsp3) is 0.222. The molecule has 0 bridgehead atoms. The first-order chi connectivity index (χ1) is 15.3. The van der Waals surface area contributed by atoms with E-state index in [-0.39, 0.29) is 0 Å². The minimum Gasteiger partial charge on any atom is -0.335 e.